The molecule has 0 aliphatic carbocycles. The second-order valence-electron chi connectivity index (χ2n) is 5.91. The summed E-state index contributed by atoms with van der Waals surface area (Å²) in [5.74, 6) is 0. The van der Waals surface area contributed by atoms with Crippen LogP contribution in [0.5, 0.6) is 0 Å². The number of nitrogens with zero attached hydrogens (tertiary/aromatic N) is 1. The van der Waals surface area contributed by atoms with Crippen LogP contribution in [0.2, 0.25) is 0 Å². The average Bonchev–Trinajstić information content (AvgIpc) is 2.49. The first-order chi connectivity index (χ1) is 10.2. The molecule has 0 aromatic carbocycles. The van der Waals surface area contributed by atoms with Gasteiger partial charge in [0.05, 0.1) is 5.54 Å². The second-order valence-corrected chi connectivity index (χ2v) is 5.91. The first kappa shape index (κ1) is 15.8. The summed E-state index contributed by atoms with van der Waals surface area (Å²) in [6, 6.07) is 0. The zero-order chi connectivity index (χ0) is 15.1. The molecule has 0 saturated carbocycles. The SMILES string of the molecule is C=C/C=C\C/C=C(\C)COC(=O)N1CCC12CCCNC2. The Labute approximate surface area is 127 Å². The van der Waals surface area contributed by atoms with Gasteiger partial charge in [-0.1, -0.05) is 30.9 Å². The summed E-state index contributed by atoms with van der Waals surface area (Å²) in [7, 11) is 0. The lowest BCUT2D eigenvalue weighted by Crippen LogP contribution is -2.68. The van der Waals surface area contributed by atoms with E-state index >= 15 is 0 Å². The molecule has 1 amide bonds. The van der Waals surface area contributed by atoms with E-state index in [0.29, 0.717) is 6.61 Å². The second kappa shape index (κ2) is 7.46. The van der Waals surface area contributed by atoms with E-state index in [0.717, 1.165) is 50.9 Å². The van der Waals surface area contributed by atoms with Crippen LogP contribution < -0.4 is 5.32 Å². The number of hydrogen-bond acceptors (Lipinski definition) is 3. The van der Waals surface area contributed by atoms with Crippen LogP contribution in [0, 0.1) is 0 Å². The van der Waals surface area contributed by atoms with E-state index in [4.69, 9.17) is 4.74 Å². The van der Waals surface area contributed by atoms with E-state index in [1.54, 1.807) is 6.08 Å². The molecule has 21 heavy (non-hydrogen) atoms. The zero-order valence-electron chi connectivity index (χ0n) is 12.9. The van der Waals surface area contributed by atoms with Gasteiger partial charge in [-0.2, -0.15) is 0 Å². The van der Waals surface area contributed by atoms with Gasteiger partial charge >= 0.3 is 6.09 Å². The fourth-order valence-electron chi connectivity index (χ4n) is 2.98. The monoisotopic (exact) mass is 290 g/mol. The Bertz CT molecular complexity index is 434. The minimum atomic E-state index is -0.167. The van der Waals surface area contributed by atoms with Crippen molar-refractivity contribution < 1.29 is 9.53 Å². The molecule has 0 radical (unpaired) electrons. The number of carbonyl (C=O) groups is 1. The number of hydrogen-bond donors (Lipinski definition) is 1. The molecule has 2 rings (SSSR count). The zero-order valence-corrected chi connectivity index (χ0v) is 12.9. The Morgan fingerprint density at radius 3 is 2.95 bits per heavy atom. The molecule has 1 atom stereocenters. The molecule has 0 bridgehead atoms. The maximum Gasteiger partial charge on any atom is 0.410 e. The first-order valence-corrected chi connectivity index (χ1v) is 7.76. The van der Waals surface area contributed by atoms with E-state index in [2.05, 4.69) is 18.0 Å². The Morgan fingerprint density at radius 1 is 1.48 bits per heavy atom. The molecule has 0 aromatic rings. The van der Waals surface area contributed by atoms with Crippen molar-refractivity contribution in [1.29, 1.82) is 0 Å². The lowest BCUT2D eigenvalue weighted by molar-refractivity contribution is -0.0254. The molecule has 1 unspecified atom stereocenters. The highest BCUT2D eigenvalue weighted by atomic mass is 16.6. The Kier molecular flexibility index (Phi) is 5.62. The van der Waals surface area contributed by atoms with Gasteiger partial charge in [-0.25, -0.2) is 4.79 Å². The maximum atomic E-state index is 12.2. The van der Waals surface area contributed by atoms with E-state index < -0.39 is 0 Å². The third-order valence-electron chi connectivity index (χ3n) is 4.34. The summed E-state index contributed by atoms with van der Waals surface area (Å²) in [4.78, 5) is 14.1. The number of amides is 1. The Hall–Kier alpha value is -1.55. The molecule has 0 aromatic heterocycles. The molecule has 2 fully saturated rings. The molecule has 2 aliphatic rings. The molecule has 2 heterocycles. The van der Waals surface area contributed by atoms with Crippen molar-refractivity contribution in [2.45, 2.75) is 38.1 Å². The van der Waals surface area contributed by atoms with E-state index in [1.165, 1.54) is 0 Å². The van der Waals surface area contributed by atoms with Crippen molar-refractivity contribution in [2.75, 3.05) is 26.2 Å². The number of piperidine rings is 1. The van der Waals surface area contributed by atoms with Crippen molar-refractivity contribution in [3.63, 3.8) is 0 Å². The third kappa shape index (κ3) is 3.97. The lowest BCUT2D eigenvalue weighted by atomic mass is 9.79. The normalized spacial score (nSPS) is 26.0. The van der Waals surface area contributed by atoms with Gasteiger partial charge in [-0.15, -0.1) is 0 Å². The summed E-state index contributed by atoms with van der Waals surface area (Å²) in [5, 5.41) is 3.39. The highest BCUT2D eigenvalue weighted by molar-refractivity contribution is 5.70. The van der Waals surface area contributed by atoms with Crippen molar-refractivity contribution in [2.24, 2.45) is 0 Å². The highest BCUT2D eigenvalue weighted by Crippen LogP contribution is 2.36. The lowest BCUT2D eigenvalue weighted by Gasteiger charge is -2.54. The number of ether oxygens (including phenoxy) is 1. The summed E-state index contributed by atoms with van der Waals surface area (Å²) in [6.07, 6.45) is 11.8. The highest BCUT2D eigenvalue weighted by Gasteiger charge is 2.48. The molecule has 4 heteroatoms. The van der Waals surface area contributed by atoms with Gasteiger partial charge in [0.2, 0.25) is 0 Å². The van der Waals surface area contributed by atoms with Crippen molar-refractivity contribution >= 4 is 6.09 Å². The van der Waals surface area contributed by atoms with Crippen molar-refractivity contribution in [3.05, 3.63) is 36.5 Å². The van der Waals surface area contributed by atoms with Crippen LogP contribution in [-0.2, 0) is 4.74 Å². The minimum Gasteiger partial charge on any atom is -0.445 e. The number of carbonyl (C=O) groups excluding carboxylic acids is 1. The number of allylic oxidation sites excluding steroid dienone is 4. The minimum absolute atomic E-state index is 0.0274. The van der Waals surface area contributed by atoms with Crippen molar-refractivity contribution in [1.82, 2.24) is 10.2 Å². The smallest absolute Gasteiger partial charge is 0.410 e. The van der Waals surface area contributed by atoms with Crippen LogP contribution >= 0.6 is 0 Å². The molecule has 1 spiro atoms. The number of likely N-dealkylation sites (tertiary alicyclic amines) is 1. The van der Waals surface area contributed by atoms with Crippen molar-refractivity contribution in [3.8, 4) is 0 Å². The van der Waals surface area contributed by atoms with E-state index in [-0.39, 0.29) is 11.6 Å². The van der Waals surface area contributed by atoms with Crippen LogP contribution in [0.15, 0.2) is 36.5 Å². The van der Waals surface area contributed by atoms with Crippen LogP contribution in [0.3, 0.4) is 0 Å². The number of rotatable bonds is 5. The van der Waals surface area contributed by atoms with E-state index in [1.807, 2.05) is 24.0 Å². The topological polar surface area (TPSA) is 41.6 Å². The van der Waals surface area contributed by atoms with Gasteiger partial charge in [0.15, 0.2) is 0 Å². The first-order valence-electron chi connectivity index (χ1n) is 7.76. The van der Waals surface area contributed by atoms with Gasteiger partial charge < -0.3 is 15.0 Å². The quantitative estimate of drug-likeness (QED) is 0.625. The van der Waals surface area contributed by atoms with Gasteiger partial charge in [-0.05, 0) is 44.7 Å². The van der Waals surface area contributed by atoms with Crippen LogP contribution in [0.1, 0.15) is 32.6 Å². The maximum absolute atomic E-state index is 12.2. The largest absolute Gasteiger partial charge is 0.445 e. The average molecular weight is 290 g/mol. The van der Waals surface area contributed by atoms with Gasteiger partial charge in [-0.3, -0.25) is 0 Å². The van der Waals surface area contributed by atoms with E-state index in [9.17, 15) is 4.79 Å². The van der Waals surface area contributed by atoms with Crippen LogP contribution in [0.4, 0.5) is 4.79 Å². The fraction of sp³-hybridized carbons (Fsp3) is 0.588. The molecule has 116 valence electrons. The summed E-state index contributed by atoms with van der Waals surface area (Å²) >= 11 is 0. The molecule has 2 aliphatic heterocycles. The number of nitrogens with one attached hydrogen (secondary N) is 1. The van der Waals surface area contributed by atoms with Crippen LogP contribution in [-0.4, -0.2) is 42.8 Å². The predicted molar refractivity (Wildman–Crippen MR) is 85.2 cm³/mol. The molecular weight excluding hydrogens is 264 g/mol. The Morgan fingerprint density at radius 2 is 2.33 bits per heavy atom. The third-order valence-corrected chi connectivity index (χ3v) is 4.34. The standard InChI is InChI=1S/C17H26N2O2/c1-3-4-5-6-8-15(2)13-21-16(20)19-12-10-17(19)9-7-11-18-14-17/h3-5,8,18H,1,6-7,9-14H2,2H3/b5-4-,15-8+. The van der Waals surface area contributed by atoms with Crippen LogP contribution in [0.25, 0.3) is 0 Å². The fourth-order valence-corrected chi connectivity index (χ4v) is 2.98. The molecule has 4 nitrogen and oxygen atoms in total. The summed E-state index contributed by atoms with van der Waals surface area (Å²) in [5.41, 5.74) is 1.10. The van der Waals surface area contributed by atoms with Gasteiger partial charge in [0.1, 0.15) is 6.61 Å². The summed E-state index contributed by atoms with van der Waals surface area (Å²) in [6.45, 7) is 8.78. The Balaban J connectivity index is 1.76. The molecule has 1 N–H and O–H groups in total. The molecular formula is C17H26N2O2. The summed E-state index contributed by atoms with van der Waals surface area (Å²) < 4.78 is 5.44. The van der Waals surface area contributed by atoms with Gasteiger partial charge in [0.25, 0.3) is 0 Å². The van der Waals surface area contributed by atoms with Gasteiger partial charge in [0, 0.05) is 13.1 Å². The molecule has 2 saturated heterocycles. The predicted octanol–water partition coefficient (Wildman–Crippen LogP) is 3.03.